The van der Waals surface area contributed by atoms with Crippen molar-refractivity contribution in [3.63, 3.8) is 0 Å². The van der Waals surface area contributed by atoms with Gasteiger partial charge in [0.25, 0.3) is 0 Å². The molecule has 0 saturated carbocycles. The van der Waals surface area contributed by atoms with E-state index in [0.717, 1.165) is 22.8 Å². The molecule has 22 heavy (non-hydrogen) atoms. The monoisotopic (exact) mass is 309 g/mol. The molecule has 1 amide bonds. The summed E-state index contributed by atoms with van der Waals surface area (Å²) in [6.45, 7) is 2.01. The van der Waals surface area contributed by atoms with E-state index in [9.17, 15) is 4.79 Å². The van der Waals surface area contributed by atoms with Crippen molar-refractivity contribution in [1.82, 2.24) is 9.78 Å². The molecular formula is C17H15N3OS. The summed E-state index contributed by atoms with van der Waals surface area (Å²) < 4.78 is 1.84. The Kier molecular flexibility index (Phi) is 3.08. The van der Waals surface area contributed by atoms with Crippen molar-refractivity contribution >= 4 is 23.1 Å². The number of benzene rings is 1. The van der Waals surface area contributed by atoms with E-state index in [1.54, 1.807) is 11.3 Å². The van der Waals surface area contributed by atoms with Gasteiger partial charge in [-0.3, -0.25) is 4.79 Å². The van der Waals surface area contributed by atoms with E-state index in [4.69, 9.17) is 0 Å². The molecule has 3 aromatic rings. The largest absolute Gasteiger partial charge is 0.310 e. The number of hydrogen-bond acceptors (Lipinski definition) is 3. The molecule has 0 fully saturated rings. The zero-order valence-electron chi connectivity index (χ0n) is 12.1. The second-order valence-electron chi connectivity index (χ2n) is 5.42. The lowest BCUT2D eigenvalue weighted by Crippen LogP contribution is -2.24. The van der Waals surface area contributed by atoms with Gasteiger partial charge in [0, 0.05) is 22.8 Å². The number of anilines is 1. The molecule has 0 radical (unpaired) electrons. The number of fused-ring (bicyclic) bond motifs is 1. The van der Waals surface area contributed by atoms with Gasteiger partial charge in [0.15, 0.2) is 0 Å². The second kappa shape index (κ2) is 5.10. The van der Waals surface area contributed by atoms with Gasteiger partial charge in [0.2, 0.25) is 5.91 Å². The first-order chi connectivity index (χ1) is 10.7. The highest BCUT2D eigenvalue weighted by Gasteiger charge is 2.32. The van der Waals surface area contributed by atoms with Crippen LogP contribution in [-0.4, -0.2) is 15.7 Å². The van der Waals surface area contributed by atoms with Gasteiger partial charge in [-0.1, -0.05) is 24.3 Å². The Morgan fingerprint density at radius 2 is 2.05 bits per heavy atom. The van der Waals surface area contributed by atoms with Crippen molar-refractivity contribution in [2.45, 2.75) is 19.3 Å². The number of carbonyl (C=O) groups is 1. The van der Waals surface area contributed by atoms with Crippen LogP contribution in [0.25, 0.3) is 5.69 Å². The fourth-order valence-corrected chi connectivity index (χ4v) is 3.87. The lowest BCUT2D eigenvalue weighted by Gasteiger charge is -2.23. The predicted octanol–water partition coefficient (Wildman–Crippen LogP) is 3.72. The topological polar surface area (TPSA) is 46.9 Å². The van der Waals surface area contributed by atoms with Gasteiger partial charge in [-0.2, -0.15) is 5.10 Å². The summed E-state index contributed by atoms with van der Waals surface area (Å²) in [6.07, 6.45) is 0.481. The maximum Gasteiger partial charge on any atom is 0.226 e. The molecule has 1 aromatic carbocycles. The molecule has 0 saturated heterocycles. The number of carbonyl (C=O) groups excluding carboxylic acids is 1. The molecule has 3 heterocycles. The molecule has 1 aliphatic rings. The van der Waals surface area contributed by atoms with Crippen LogP contribution >= 0.6 is 11.3 Å². The van der Waals surface area contributed by atoms with Crippen molar-refractivity contribution in [3.8, 4) is 5.69 Å². The van der Waals surface area contributed by atoms with Crippen molar-refractivity contribution in [2.75, 3.05) is 5.32 Å². The van der Waals surface area contributed by atoms with Crippen molar-refractivity contribution < 1.29 is 4.79 Å². The van der Waals surface area contributed by atoms with Crippen LogP contribution in [0, 0.1) is 6.92 Å². The Bertz CT molecular complexity index is 821. The molecule has 110 valence electrons. The molecular weight excluding hydrogens is 294 g/mol. The summed E-state index contributed by atoms with van der Waals surface area (Å²) in [4.78, 5) is 13.4. The highest BCUT2D eigenvalue weighted by Crippen LogP contribution is 2.41. The molecule has 5 heteroatoms. The summed E-state index contributed by atoms with van der Waals surface area (Å²) >= 11 is 1.69. The van der Waals surface area contributed by atoms with Crippen LogP contribution < -0.4 is 5.32 Å². The average Bonchev–Trinajstić information content (AvgIpc) is 3.16. The normalized spacial score (nSPS) is 17.1. The molecule has 0 spiro atoms. The number of nitrogens with zero attached hydrogens (tertiary/aromatic N) is 2. The van der Waals surface area contributed by atoms with Crippen molar-refractivity contribution in [2.24, 2.45) is 0 Å². The average molecular weight is 309 g/mol. The zero-order chi connectivity index (χ0) is 15.1. The van der Waals surface area contributed by atoms with Crippen LogP contribution in [0.15, 0.2) is 47.8 Å². The molecule has 1 aliphatic heterocycles. The van der Waals surface area contributed by atoms with E-state index in [1.165, 1.54) is 4.88 Å². The van der Waals surface area contributed by atoms with Gasteiger partial charge in [-0.15, -0.1) is 11.3 Å². The molecule has 1 unspecified atom stereocenters. The number of amides is 1. The fraction of sp³-hybridized carbons (Fsp3) is 0.176. The summed E-state index contributed by atoms with van der Waals surface area (Å²) in [7, 11) is 0. The molecule has 4 nitrogen and oxygen atoms in total. The highest BCUT2D eigenvalue weighted by atomic mass is 32.1. The van der Waals surface area contributed by atoms with Gasteiger partial charge in [0.05, 0.1) is 11.4 Å². The minimum atomic E-state index is 0.0444. The molecule has 0 bridgehead atoms. The minimum Gasteiger partial charge on any atom is -0.310 e. The first-order valence-electron chi connectivity index (χ1n) is 7.22. The van der Waals surface area contributed by atoms with Gasteiger partial charge in [-0.25, -0.2) is 4.68 Å². The number of para-hydroxylation sites is 1. The van der Waals surface area contributed by atoms with Crippen LogP contribution in [0.3, 0.4) is 0 Å². The molecule has 0 aliphatic carbocycles. The van der Waals surface area contributed by atoms with Crippen LogP contribution in [0.4, 0.5) is 5.82 Å². The lowest BCUT2D eigenvalue weighted by molar-refractivity contribution is -0.116. The van der Waals surface area contributed by atoms with Gasteiger partial charge >= 0.3 is 0 Å². The van der Waals surface area contributed by atoms with Crippen LogP contribution in [0.1, 0.15) is 28.5 Å². The van der Waals surface area contributed by atoms with E-state index in [1.807, 2.05) is 48.0 Å². The summed E-state index contributed by atoms with van der Waals surface area (Å²) in [5, 5.41) is 9.72. The summed E-state index contributed by atoms with van der Waals surface area (Å²) in [5.74, 6) is 0.947. The Morgan fingerprint density at radius 1 is 1.23 bits per heavy atom. The van der Waals surface area contributed by atoms with E-state index >= 15 is 0 Å². The highest BCUT2D eigenvalue weighted by molar-refractivity contribution is 7.10. The molecule has 1 atom stereocenters. The lowest BCUT2D eigenvalue weighted by atomic mass is 9.91. The number of aromatic nitrogens is 2. The van der Waals surface area contributed by atoms with Crippen LogP contribution in [0.2, 0.25) is 0 Å². The third kappa shape index (κ3) is 2.05. The fourth-order valence-electron chi connectivity index (χ4n) is 3.04. The molecule has 2 aromatic heterocycles. The van der Waals surface area contributed by atoms with Crippen LogP contribution in [-0.2, 0) is 4.79 Å². The SMILES string of the molecule is Cc1nn(-c2ccccc2)c2c1C(c1cccs1)CC(=O)N2. The van der Waals surface area contributed by atoms with E-state index in [0.29, 0.717) is 6.42 Å². The van der Waals surface area contributed by atoms with Crippen LogP contribution in [0.5, 0.6) is 0 Å². The number of nitrogens with one attached hydrogen (secondary N) is 1. The Labute approximate surface area is 132 Å². The van der Waals surface area contributed by atoms with E-state index in [2.05, 4.69) is 21.9 Å². The van der Waals surface area contributed by atoms with Gasteiger partial charge in [-0.05, 0) is 30.5 Å². The quantitative estimate of drug-likeness (QED) is 0.784. The smallest absolute Gasteiger partial charge is 0.226 e. The summed E-state index contributed by atoms with van der Waals surface area (Å²) in [5.41, 5.74) is 3.06. The maximum atomic E-state index is 12.2. The third-order valence-corrected chi connectivity index (χ3v) is 4.98. The Morgan fingerprint density at radius 3 is 2.77 bits per heavy atom. The third-order valence-electron chi connectivity index (χ3n) is 3.99. The summed E-state index contributed by atoms with van der Waals surface area (Å²) in [6, 6.07) is 14.0. The van der Waals surface area contributed by atoms with Gasteiger partial charge < -0.3 is 5.32 Å². The molecule has 1 N–H and O–H groups in total. The minimum absolute atomic E-state index is 0.0444. The Balaban J connectivity index is 1.90. The first-order valence-corrected chi connectivity index (χ1v) is 8.10. The number of hydrogen-bond donors (Lipinski definition) is 1. The number of rotatable bonds is 2. The predicted molar refractivity (Wildman–Crippen MR) is 87.7 cm³/mol. The Hall–Kier alpha value is -2.40. The second-order valence-corrected chi connectivity index (χ2v) is 6.39. The van der Waals surface area contributed by atoms with E-state index in [-0.39, 0.29) is 11.8 Å². The zero-order valence-corrected chi connectivity index (χ0v) is 12.9. The maximum absolute atomic E-state index is 12.2. The van der Waals surface area contributed by atoms with Crippen molar-refractivity contribution in [3.05, 3.63) is 64.0 Å². The first kappa shape index (κ1) is 13.3. The van der Waals surface area contributed by atoms with Gasteiger partial charge in [0.1, 0.15) is 5.82 Å². The van der Waals surface area contributed by atoms with Crippen molar-refractivity contribution in [1.29, 1.82) is 0 Å². The number of thiophene rings is 1. The van der Waals surface area contributed by atoms with E-state index < -0.39 is 0 Å². The molecule has 4 rings (SSSR count). The standard InChI is InChI=1S/C17H15N3OS/c1-11-16-13(14-8-5-9-22-14)10-15(21)18-17(16)20(19-11)12-6-3-2-4-7-12/h2-9,13H,10H2,1H3,(H,18,21). The number of aryl methyl sites for hydroxylation is 1.